The number of rotatable bonds is 3. The van der Waals surface area contributed by atoms with Gasteiger partial charge in [0.25, 0.3) is 5.91 Å². The van der Waals surface area contributed by atoms with Gasteiger partial charge in [0, 0.05) is 69.0 Å². The summed E-state index contributed by atoms with van der Waals surface area (Å²) in [5.74, 6) is -0.820. The van der Waals surface area contributed by atoms with E-state index in [1.54, 1.807) is 34.5 Å². The van der Waals surface area contributed by atoms with E-state index in [9.17, 15) is 9.18 Å². The summed E-state index contributed by atoms with van der Waals surface area (Å²) in [5, 5.41) is 11.6. The Morgan fingerprint density at radius 3 is 2.61 bits per heavy atom. The lowest BCUT2D eigenvalue weighted by atomic mass is 10.1. The number of hydrogen-bond acceptors (Lipinski definition) is 5. The first-order valence-corrected chi connectivity index (χ1v) is 11.4. The number of pyridine rings is 1. The largest absolute Gasteiger partial charge is 0.368 e. The average molecular weight is 450 g/mol. The van der Waals surface area contributed by atoms with Gasteiger partial charge in [0.2, 0.25) is 0 Å². The lowest BCUT2D eigenvalue weighted by Crippen LogP contribution is -2.43. The van der Waals surface area contributed by atoms with Crippen LogP contribution in [0.25, 0.3) is 16.6 Å². The highest BCUT2D eigenvalue weighted by atomic mass is 19.1. The van der Waals surface area contributed by atoms with Crippen molar-refractivity contribution >= 4 is 33.8 Å². The number of carbonyl (C=O) groups excluding carboxylic acids is 1. The first kappa shape index (κ1) is 21.4. The molecule has 0 unspecified atom stereocenters. The van der Waals surface area contributed by atoms with E-state index in [-0.39, 0.29) is 11.6 Å². The van der Waals surface area contributed by atoms with Crippen LogP contribution in [-0.2, 0) is 7.05 Å². The Bertz CT molecular complexity index is 1310. The number of halogens is 1. The number of nitrogens with one attached hydrogen (secondary N) is 2. The topological polar surface area (TPSA) is 79.5 Å². The molecule has 1 amide bonds. The molecule has 1 saturated carbocycles. The molecule has 1 aliphatic carbocycles. The zero-order chi connectivity index (χ0) is 22.9. The van der Waals surface area contributed by atoms with Crippen molar-refractivity contribution in [3.05, 3.63) is 53.9 Å². The van der Waals surface area contributed by atoms with E-state index in [2.05, 4.69) is 25.6 Å². The molecule has 33 heavy (non-hydrogen) atoms. The molecule has 6 rings (SSSR count). The molecule has 4 aromatic rings. The van der Waals surface area contributed by atoms with Gasteiger partial charge in [0.05, 0.1) is 16.9 Å². The van der Waals surface area contributed by atoms with Crippen LogP contribution >= 0.6 is 0 Å². The fourth-order valence-corrected chi connectivity index (χ4v) is 4.02. The zero-order valence-corrected chi connectivity index (χ0v) is 18.9. The van der Waals surface area contributed by atoms with Gasteiger partial charge in [0.1, 0.15) is 5.52 Å². The quantitative estimate of drug-likeness (QED) is 0.501. The van der Waals surface area contributed by atoms with Crippen molar-refractivity contribution in [2.24, 2.45) is 7.05 Å². The predicted molar refractivity (Wildman–Crippen MR) is 127 cm³/mol. The lowest BCUT2D eigenvalue weighted by Gasteiger charge is -2.30. The van der Waals surface area contributed by atoms with Gasteiger partial charge >= 0.3 is 0 Å². The fraction of sp³-hybridized carbons (Fsp3) is 0.375. The molecule has 172 valence electrons. The maximum absolute atomic E-state index is 14.4. The SMILES string of the molecule is C1CC1.Cc1cn2cc(NC(=O)c3ccc(N4CCNCC4)c4cn(C)nc34)cc(F)c2n1. The van der Waals surface area contributed by atoms with Crippen molar-refractivity contribution < 1.29 is 9.18 Å². The number of imidazole rings is 1. The standard InChI is InChI=1S/C21H22FN7O.C3H6/c1-13-10-29-11-14(9-17(22)20(29)24-13)25-21(30)15-3-4-18(28-7-5-23-6-8-28)16-12-27(2)26-19(15)16;1-2-3-1/h3-4,9-12,23H,5-8H2,1-2H3,(H,25,30);1-3H2. The fourth-order valence-electron chi connectivity index (χ4n) is 4.02. The summed E-state index contributed by atoms with van der Waals surface area (Å²) in [4.78, 5) is 19.5. The molecule has 8 nitrogen and oxygen atoms in total. The van der Waals surface area contributed by atoms with Crippen molar-refractivity contribution in [2.75, 3.05) is 36.4 Å². The Labute approximate surface area is 191 Å². The van der Waals surface area contributed by atoms with Gasteiger partial charge in [-0.1, -0.05) is 19.3 Å². The third kappa shape index (κ3) is 4.54. The third-order valence-electron chi connectivity index (χ3n) is 5.71. The van der Waals surface area contributed by atoms with Gasteiger partial charge in [-0.15, -0.1) is 0 Å². The number of nitrogens with zero attached hydrogens (tertiary/aromatic N) is 5. The lowest BCUT2D eigenvalue weighted by molar-refractivity contribution is 0.102. The first-order chi connectivity index (χ1) is 16.0. The highest BCUT2D eigenvalue weighted by molar-refractivity contribution is 6.13. The summed E-state index contributed by atoms with van der Waals surface area (Å²) in [5.41, 5.74) is 3.45. The van der Waals surface area contributed by atoms with Crippen LogP contribution in [0.5, 0.6) is 0 Å². The number of hydrogen-bond donors (Lipinski definition) is 2. The molecule has 1 saturated heterocycles. The van der Waals surface area contributed by atoms with E-state index in [0.717, 1.165) is 37.3 Å². The average Bonchev–Trinajstić information content (AvgIpc) is 3.55. The number of fused-ring (bicyclic) bond motifs is 2. The van der Waals surface area contributed by atoms with Gasteiger partial charge in [0.15, 0.2) is 11.5 Å². The second-order valence-corrected chi connectivity index (χ2v) is 8.64. The number of piperazine rings is 1. The van der Waals surface area contributed by atoms with Crippen molar-refractivity contribution in [2.45, 2.75) is 26.2 Å². The van der Waals surface area contributed by atoms with Gasteiger partial charge in [-0.25, -0.2) is 9.37 Å². The number of aryl methyl sites for hydroxylation is 2. The van der Waals surface area contributed by atoms with E-state index < -0.39 is 5.82 Å². The number of benzene rings is 1. The van der Waals surface area contributed by atoms with Crippen LogP contribution in [0.2, 0.25) is 0 Å². The van der Waals surface area contributed by atoms with Crippen LogP contribution in [0.1, 0.15) is 35.3 Å². The van der Waals surface area contributed by atoms with E-state index in [1.807, 2.05) is 19.3 Å². The summed E-state index contributed by atoms with van der Waals surface area (Å²) >= 11 is 0. The minimum absolute atomic E-state index is 0.234. The minimum atomic E-state index is -0.488. The monoisotopic (exact) mass is 449 g/mol. The van der Waals surface area contributed by atoms with E-state index in [4.69, 9.17) is 0 Å². The Kier molecular flexibility index (Phi) is 5.72. The minimum Gasteiger partial charge on any atom is -0.368 e. The highest BCUT2D eigenvalue weighted by Crippen LogP contribution is 2.30. The molecule has 4 heterocycles. The Morgan fingerprint density at radius 1 is 1.12 bits per heavy atom. The van der Waals surface area contributed by atoms with Crippen LogP contribution in [-0.4, -0.2) is 51.3 Å². The normalized spacial score (nSPS) is 15.4. The molecule has 0 bridgehead atoms. The van der Waals surface area contributed by atoms with Gasteiger partial charge in [-0.2, -0.15) is 5.10 Å². The second-order valence-electron chi connectivity index (χ2n) is 8.64. The zero-order valence-electron chi connectivity index (χ0n) is 18.9. The van der Waals surface area contributed by atoms with Gasteiger partial charge in [-0.3, -0.25) is 9.48 Å². The molecule has 0 radical (unpaired) electrons. The van der Waals surface area contributed by atoms with Crippen molar-refractivity contribution in [1.82, 2.24) is 24.5 Å². The Balaban J connectivity index is 0.000000705. The van der Waals surface area contributed by atoms with Crippen LogP contribution < -0.4 is 15.5 Å². The molecular weight excluding hydrogens is 421 g/mol. The van der Waals surface area contributed by atoms with Crippen molar-refractivity contribution in [3.63, 3.8) is 0 Å². The maximum atomic E-state index is 14.4. The van der Waals surface area contributed by atoms with Crippen LogP contribution in [0.3, 0.4) is 0 Å². The van der Waals surface area contributed by atoms with Gasteiger partial charge in [-0.05, 0) is 19.1 Å². The van der Waals surface area contributed by atoms with E-state index in [0.29, 0.717) is 22.5 Å². The third-order valence-corrected chi connectivity index (χ3v) is 5.71. The first-order valence-electron chi connectivity index (χ1n) is 11.4. The number of carbonyl (C=O) groups is 1. The summed E-state index contributed by atoms with van der Waals surface area (Å²) in [6.45, 7) is 5.44. The van der Waals surface area contributed by atoms with Crippen molar-refractivity contribution in [3.8, 4) is 0 Å². The summed E-state index contributed by atoms with van der Waals surface area (Å²) in [6.07, 6.45) is 9.80. The molecule has 2 fully saturated rings. The Morgan fingerprint density at radius 2 is 1.88 bits per heavy atom. The van der Waals surface area contributed by atoms with Crippen molar-refractivity contribution in [1.29, 1.82) is 0 Å². The molecule has 1 aromatic carbocycles. The summed E-state index contributed by atoms with van der Waals surface area (Å²) in [6, 6.07) is 5.04. The number of anilines is 2. The molecule has 9 heteroatoms. The van der Waals surface area contributed by atoms with Crippen LogP contribution in [0.4, 0.5) is 15.8 Å². The maximum Gasteiger partial charge on any atom is 0.257 e. The molecular formula is C24H28FN7O. The predicted octanol–water partition coefficient (Wildman–Crippen LogP) is 3.50. The van der Waals surface area contributed by atoms with Crippen LogP contribution in [0.15, 0.2) is 36.8 Å². The van der Waals surface area contributed by atoms with Gasteiger partial charge < -0.3 is 19.9 Å². The summed E-state index contributed by atoms with van der Waals surface area (Å²) < 4.78 is 17.7. The molecule has 0 spiro atoms. The molecule has 2 aliphatic rings. The molecule has 0 atom stereocenters. The Hall–Kier alpha value is -3.46. The van der Waals surface area contributed by atoms with E-state index in [1.165, 1.54) is 25.3 Å². The molecule has 3 aromatic heterocycles. The highest BCUT2D eigenvalue weighted by Gasteiger charge is 2.20. The number of aromatic nitrogens is 4. The van der Waals surface area contributed by atoms with E-state index >= 15 is 0 Å². The molecule has 2 N–H and O–H groups in total. The summed E-state index contributed by atoms with van der Waals surface area (Å²) in [7, 11) is 1.84. The van der Waals surface area contributed by atoms with Crippen LogP contribution in [0, 0.1) is 12.7 Å². The molecule has 1 aliphatic heterocycles. The smallest absolute Gasteiger partial charge is 0.257 e. The second kappa shape index (κ2) is 8.82. The number of amides is 1.